The summed E-state index contributed by atoms with van der Waals surface area (Å²) in [6.45, 7) is 3.09. The number of benzene rings is 1. The van der Waals surface area contributed by atoms with Gasteiger partial charge in [0.25, 0.3) is 0 Å². The molecule has 0 saturated carbocycles. The largest absolute Gasteiger partial charge is 0.330 e. The summed E-state index contributed by atoms with van der Waals surface area (Å²) in [6.07, 6.45) is 3.44. The molecule has 134 valence electrons. The summed E-state index contributed by atoms with van der Waals surface area (Å²) in [7, 11) is 1.93. The lowest BCUT2D eigenvalue weighted by atomic mass is 10.0. The maximum atomic E-state index is 13.3. The van der Waals surface area contributed by atoms with Gasteiger partial charge in [-0.2, -0.15) is 5.10 Å². The van der Waals surface area contributed by atoms with E-state index in [9.17, 15) is 4.79 Å². The number of fused-ring (bicyclic) bond motifs is 1. The molecule has 0 fully saturated rings. The van der Waals surface area contributed by atoms with Crippen LogP contribution in [-0.2, 0) is 37.8 Å². The van der Waals surface area contributed by atoms with E-state index in [1.54, 1.807) is 17.5 Å². The van der Waals surface area contributed by atoms with E-state index in [1.165, 1.54) is 11.1 Å². The van der Waals surface area contributed by atoms with E-state index in [0.717, 1.165) is 29.2 Å². The molecule has 5 nitrogen and oxygen atoms in total. The molecule has 1 amide bonds. The molecule has 0 N–H and O–H groups in total. The third-order valence-corrected chi connectivity index (χ3v) is 5.80. The summed E-state index contributed by atoms with van der Waals surface area (Å²) in [5.41, 5.74) is 4.61. The third kappa shape index (κ3) is 3.42. The lowest BCUT2D eigenvalue weighted by molar-refractivity contribution is -0.136. The van der Waals surface area contributed by atoms with E-state index in [1.807, 2.05) is 35.0 Å². The number of hydrogen-bond acceptors (Lipinski definition) is 4. The van der Waals surface area contributed by atoms with Gasteiger partial charge in [0.05, 0.1) is 18.8 Å². The average Bonchev–Trinajstić information content (AvgIpc) is 3.35. The first-order valence-corrected chi connectivity index (χ1v) is 9.71. The summed E-state index contributed by atoms with van der Waals surface area (Å²) >= 11 is 1.59. The Morgan fingerprint density at radius 1 is 1.27 bits per heavy atom. The Balaban J connectivity index is 1.55. The molecule has 4 rings (SSSR count). The lowest BCUT2D eigenvalue weighted by Gasteiger charge is -2.24. The highest BCUT2D eigenvalue weighted by molar-refractivity contribution is 7.09. The van der Waals surface area contributed by atoms with Crippen LogP contribution in [0.4, 0.5) is 0 Å². The van der Waals surface area contributed by atoms with E-state index in [4.69, 9.17) is 0 Å². The summed E-state index contributed by atoms with van der Waals surface area (Å²) in [6, 6.07) is 10.4. The number of carbonyl (C=O) groups is 1. The van der Waals surface area contributed by atoms with Gasteiger partial charge < -0.3 is 4.90 Å². The van der Waals surface area contributed by atoms with Crippen molar-refractivity contribution in [3.05, 3.63) is 69.4 Å². The molecule has 2 heterocycles. The van der Waals surface area contributed by atoms with Crippen LogP contribution in [0.15, 0.2) is 41.9 Å². The fourth-order valence-corrected chi connectivity index (χ4v) is 4.24. The molecule has 1 aliphatic carbocycles. The van der Waals surface area contributed by atoms with Crippen LogP contribution >= 0.6 is 11.3 Å². The predicted molar refractivity (Wildman–Crippen MR) is 102 cm³/mol. The Morgan fingerprint density at radius 2 is 2.00 bits per heavy atom. The van der Waals surface area contributed by atoms with E-state index in [2.05, 4.69) is 34.3 Å². The zero-order valence-corrected chi connectivity index (χ0v) is 15.9. The lowest BCUT2D eigenvalue weighted by Crippen LogP contribution is -2.36. The van der Waals surface area contributed by atoms with Crippen molar-refractivity contribution in [1.82, 2.24) is 19.7 Å². The monoisotopic (exact) mass is 366 g/mol. The van der Waals surface area contributed by atoms with Gasteiger partial charge in [-0.15, -0.1) is 11.3 Å². The van der Waals surface area contributed by atoms with E-state index in [-0.39, 0.29) is 11.8 Å². The number of rotatable bonds is 5. The van der Waals surface area contributed by atoms with Crippen molar-refractivity contribution in [1.29, 1.82) is 0 Å². The zero-order chi connectivity index (χ0) is 18.1. The molecule has 0 saturated heterocycles. The Kier molecular flexibility index (Phi) is 4.59. The van der Waals surface area contributed by atoms with Gasteiger partial charge in [-0.1, -0.05) is 24.3 Å². The van der Waals surface area contributed by atoms with Crippen molar-refractivity contribution in [2.45, 2.75) is 32.9 Å². The van der Waals surface area contributed by atoms with Crippen molar-refractivity contribution in [2.75, 3.05) is 0 Å². The van der Waals surface area contributed by atoms with E-state index >= 15 is 0 Å². The van der Waals surface area contributed by atoms with E-state index in [0.29, 0.717) is 13.1 Å². The smallest absolute Gasteiger partial charge is 0.227 e. The standard InChI is InChI=1S/C20H22N4OS/c1-14-9-18(22-23(14)2)12-24(13-19-21-7-8-26-19)20(25)17-10-15-5-3-4-6-16(15)11-17/h3-9,17H,10-13H2,1-2H3. The van der Waals surface area contributed by atoms with Crippen molar-refractivity contribution in [3.8, 4) is 0 Å². The van der Waals surface area contributed by atoms with Crippen molar-refractivity contribution in [3.63, 3.8) is 0 Å². The molecule has 0 radical (unpaired) electrons. The maximum Gasteiger partial charge on any atom is 0.227 e. The van der Waals surface area contributed by atoms with Gasteiger partial charge in [-0.3, -0.25) is 9.48 Å². The zero-order valence-electron chi connectivity index (χ0n) is 15.1. The second kappa shape index (κ2) is 7.03. The maximum absolute atomic E-state index is 13.3. The van der Waals surface area contributed by atoms with Crippen LogP contribution in [0.1, 0.15) is 27.5 Å². The molecule has 0 spiro atoms. The molecular formula is C20H22N4OS. The number of carbonyl (C=O) groups excluding carboxylic acids is 1. The topological polar surface area (TPSA) is 51.0 Å². The number of aryl methyl sites for hydroxylation is 2. The van der Waals surface area contributed by atoms with Gasteiger partial charge in [0.1, 0.15) is 5.01 Å². The van der Waals surface area contributed by atoms with Gasteiger partial charge in [0.15, 0.2) is 0 Å². The van der Waals surface area contributed by atoms with E-state index < -0.39 is 0 Å². The number of thiazole rings is 1. The number of hydrogen-bond donors (Lipinski definition) is 0. The first kappa shape index (κ1) is 17.0. The van der Waals surface area contributed by atoms with Crippen LogP contribution in [0.3, 0.4) is 0 Å². The first-order valence-electron chi connectivity index (χ1n) is 8.83. The third-order valence-electron chi connectivity index (χ3n) is 5.04. The second-order valence-electron chi connectivity index (χ2n) is 6.89. The van der Waals surface area contributed by atoms with Crippen LogP contribution in [-0.4, -0.2) is 25.6 Å². The van der Waals surface area contributed by atoms with Crippen LogP contribution < -0.4 is 0 Å². The summed E-state index contributed by atoms with van der Waals surface area (Å²) in [4.78, 5) is 19.6. The molecule has 6 heteroatoms. The molecule has 1 aromatic carbocycles. The molecule has 26 heavy (non-hydrogen) atoms. The van der Waals surface area contributed by atoms with Crippen LogP contribution in [0, 0.1) is 12.8 Å². The van der Waals surface area contributed by atoms with Gasteiger partial charge in [0, 0.05) is 30.2 Å². The predicted octanol–water partition coefficient (Wildman–Crippen LogP) is 3.13. The molecule has 0 unspecified atom stereocenters. The molecule has 3 aromatic rings. The minimum absolute atomic E-state index is 0.0113. The molecule has 0 bridgehead atoms. The normalized spacial score (nSPS) is 13.8. The average molecular weight is 366 g/mol. The molecule has 2 aromatic heterocycles. The minimum Gasteiger partial charge on any atom is -0.330 e. The van der Waals surface area contributed by atoms with Gasteiger partial charge >= 0.3 is 0 Å². The number of aromatic nitrogens is 3. The fraction of sp³-hybridized carbons (Fsp3) is 0.350. The van der Waals surface area contributed by atoms with Gasteiger partial charge in [-0.25, -0.2) is 4.98 Å². The first-order chi connectivity index (χ1) is 12.6. The molecule has 0 aliphatic heterocycles. The Hall–Kier alpha value is -2.47. The van der Waals surface area contributed by atoms with Crippen LogP contribution in [0.25, 0.3) is 0 Å². The van der Waals surface area contributed by atoms with Crippen molar-refractivity contribution < 1.29 is 4.79 Å². The van der Waals surface area contributed by atoms with Gasteiger partial charge in [0.2, 0.25) is 5.91 Å². The highest BCUT2D eigenvalue weighted by atomic mass is 32.1. The van der Waals surface area contributed by atoms with Crippen LogP contribution in [0.5, 0.6) is 0 Å². The highest BCUT2D eigenvalue weighted by Crippen LogP contribution is 2.29. The summed E-state index contributed by atoms with van der Waals surface area (Å²) < 4.78 is 1.85. The molecular weight excluding hydrogens is 344 g/mol. The van der Waals surface area contributed by atoms with Crippen LogP contribution in [0.2, 0.25) is 0 Å². The Labute approximate surface area is 157 Å². The highest BCUT2D eigenvalue weighted by Gasteiger charge is 2.31. The van der Waals surface area contributed by atoms with Crippen molar-refractivity contribution in [2.24, 2.45) is 13.0 Å². The summed E-state index contributed by atoms with van der Waals surface area (Å²) in [5, 5.41) is 7.45. The summed E-state index contributed by atoms with van der Waals surface area (Å²) in [5.74, 6) is 0.205. The van der Waals surface area contributed by atoms with Gasteiger partial charge in [-0.05, 0) is 37.0 Å². The Morgan fingerprint density at radius 3 is 2.58 bits per heavy atom. The Bertz CT molecular complexity index is 871. The minimum atomic E-state index is 0.0113. The fourth-order valence-electron chi connectivity index (χ4n) is 3.61. The number of amides is 1. The number of nitrogens with zero attached hydrogens (tertiary/aromatic N) is 4. The SMILES string of the molecule is Cc1cc(CN(Cc2nccs2)C(=O)C2Cc3ccccc3C2)nn1C. The quantitative estimate of drug-likeness (QED) is 0.697. The van der Waals surface area contributed by atoms with Crippen molar-refractivity contribution >= 4 is 17.2 Å². The molecule has 0 atom stereocenters. The second-order valence-corrected chi connectivity index (χ2v) is 7.87. The molecule has 1 aliphatic rings.